The number of pyridine rings is 1. The van der Waals surface area contributed by atoms with Gasteiger partial charge in [-0.3, -0.25) is 4.98 Å². The fraction of sp³-hybridized carbons (Fsp3) is 0.471. The largest absolute Gasteiger partial charge is 0.433 e. The molecule has 2 aromatic rings. The maximum Gasteiger partial charge on any atom is 0.433 e. The van der Waals surface area contributed by atoms with E-state index in [9.17, 15) is 13.2 Å². The van der Waals surface area contributed by atoms with Gasteiger partial charge in [-0.1, -0.05) is 19.4 Å². The minimum Gasteiger partial charge on any atom is -0.366 e. The van der Waals surface area contributed by atoms with Crippen molar-refractivity contribution in [1.82, 2.24) is 15.0 Å². The maximum absolute atomic E-state index is 13.2. The van der Waals surface area contributed by atoms with Gasteiger partial charge < -0.3 is 5.32 Å². The van der Waals surface area contributed by atoms with Crippen LogP contribution >= 0.6 is 11.8 Å². The van der Waals surface area contributed by atoms with Gasteiger partial charge >= 0.3 is 6.18 Å². The van der Waals surface area contributed by atoms with E-state index in [0.29, 0.717) is 10.9 Å². The van der Waals surface area contributed by atoms with Gasteiger partial charge in [0.2, 0.25) is 0 Å². The second-order valence-corrected chi connectivity index (χ2v) is 7.37. The predicted molar refractivity (Wildman–Crippen MR) is 93.4 cm³/mol. The molecular formula is C17H19F3N4S. The first kappa shape index (κ1) is 18.0. The summed E-state index contributed by atoms with van der Waals surface area (Å²) >= 11 is 1.84. The first-order valence-electron chi connectivity index (χ1n) is 8.23. The van der Waals surface area contributed by atoms with Gasteiger partial charge in [0, 0.05) is 23.6 Å². The Bertz CT molecular complexity index is 709. The number of rotatable bonds is 5. The topological polar surface area (TPSA) is 50.7 Å². The Morgan fingerprint density at radius 3 is 2.76 bits per heavy atom. The van der Waals surface area contributed by atoms with Gasteiger partial charge in [-0.15, -0.1) is 0 Å². The van der Waals surface area contributed by atoms with E-state index < -0.39 is 11.9 Å². The molecule has 4 nitrogen and oxygen atoms in total. The fourth-order valence-electron chi connectivity index (χ4n) is 2.97. The van der Waals surface area contributed by atoms with Crippen LogP contribution in [0.4, 0.5) is 19.0 Å². The Kier molecular flexibility index (Phi) is 5.46. The SMILES string of the molecule is CCSC1CCCC1Nc1cc(C(F)(F)F)nc(-c2ccccn2)n1. The summed E-state index contributed by atoms with van der Waals surface area (Å²) in [6.07, 6.45) is 0.0508. The summed E-state index contributed by atoms with van der Waals surface area (Å²) in [4.78, 5) is 12.0. The molecule has 2 atom stereocenters. The monoisotopic (exact) mass is 368 g/mol. The van der Waals surface area contributed by atoms with Gasteiger partial charge in [-0.2, -0.15) is 24.9 Å². The summed E-state index contributed by atoms with van der Waals surface area (Å²) in [6.45, 7) is 2.09. The quantitative estimate of drug-likeness (QED) is 0.833. The summed E-state index contributed by atoms with van der Waals surface area (Å²) in [5.74, 6) is 1.17. The number of nitrogens with zero attached hydrogens (tertiary/aromatic N) is 3. The highest BCUT2D eigenvalue weighted by Crippen LogP contribution is 2.34. The lowest BCUT2D eigenvalue weighted by Crippen LogP contribution is -2.27. The van der Waals surface area contributed by atoms with Crippen molar-refractivity contribution in [1.29, 1.82) is 0 Å². The number of nitrogens with one attached hydrogen (secondary N) is 1. The van der Waals surface area contributed by atoms with Gasteiger partial charge in [0.15, 0.2) is 11.5 Å². The van der Waals surface area contributed by atoms with E-state index in [4.69, 9.17) is 0 Å². The number of aromatic nitrogens is 3. The molecule has 134 valence electrons. The molecule has 0 spiro atoms. The van der Waals surface area contributed by atoms with E-state index in [1.807, 2.05) is 11.8 Å². The highest BCUT2D eigenvalue weighted by Gasteiger charge is 2.35. The van der Waals surface area contributed by atoms with Crippen LogP contribution in [-0.4, -0.2) is 32.0 Å². The van der Waals surface area contributed by atoms with E-state index in [2.05, 4.69) is 27.2 Å². The highest BCUT2D eigenvalue weighted by molar-refractivity contribution is 7.99. The number of anilines is 1. The third kappa shape index (κ3) is 4.42. The maximum atomic E-state index is 13.2. The molecule has 2 heterocycles. The summed E-state index contributed by atoms with van der Waals surface area (Å²) in [5.41, 5.74) is -0.633. The molecule has 0 saturated heterocycles. The van der Waals surface area contributed by atoms with Crippen molar-refractivity contribution in [3.05, 3.63) is 36.2 Å². The molecule has 25 heavy (non-hydrogen) atoms. The van der Waals surface area contributed by atoms with Crippen molar-refractivity contribution in [3.63, 3.8) is 0 Å². The van der Waals surface area contributed by atoms with Crippen molar-refractivity contribution in [2.24, 2.45) is 0 Å². The van der Waals surface area contributed by atoms with Crippen LogP contribution in [-0.2, 0) is 6.18 Å². The number of hydrogen-bond acceptors (Lipinski definition) is 5. The fourth-order valence-corrected chi connectivity index (χ4v) is 4.17. The van der Waals surface area contributed by atoms with E-state index in [0.717, 1.165) is 31.1 Å². The Morgan fingerprint density at radius 2 is 2.08 bits per heavy atom. The number of alkyl halides is 3. The van der Waals surface area contributed by atoms with E-state index in [-0.39, 0.29) is 17.7 Å². The van der Waals surface area contributed by atoms with Gasteiger partial charge in [-0.05, 0) is 30.7 Å². The molecule has 0 amide bonds. The van der Waals surface area contributed by atoms with Gasteiger partial charge in [-0.25, -0.2) is 9.97 Å². The van der Waals surface area contributed by atoms with Crippen LogP contribution in [0, 0.1) is 0 Å². The molecule has 1 aliphatic rings. The van der Waals surface area contributed by atoms with Gasteiger partial charge in [0.05, 0.1) is 0 Å². The number of thioether (sulfide) groups is 1. The Balaban J connectivity index is 1.93. The minimum absolute atomic E-state index is 0.0179. The van der Waals surface area contributed by atoms with Crippen molar-refractivity contribution in [3.8, 4) is 11.5 Å². The molecule has 0 radical (unpaired) electrons. The molecule has 1 aliphatic carbocycles. The predicted octanol–water partition coefficient (Wildman–Crippen LogP) is 4.64. The lowest BCUT2D eigenvalue weighted by molar-refractivity contribution is -0.141. The molecule has 0 aromatic carbocycles. The van der Waals surface area contributed by atoms with Crippen LogP contribution in [0.3, 0.4) is 0 Å². The molecule has 2 unspecified atom stereocenters. The summed E-state index contributed by atoms with van der Waals surface area (Å²) < 4.78 is 39.7. The Labute approximate surface area is 148 Å². The zero-order valence-electron chi connectivity index (χ0n) is 13.8. The summed E-state index contributed by atoms with van der Waals surface area (Å²) in [6, 6.07) is 6.10. The summed E-state index contributed by atoms with van der Waals surface area (Å²) in [7, 11) is 0. The average molecular weight is 368 g/mol. The van der Waals surface area contributed by atoms with Crippen molar-refractivity contribution in [2.45, 2.75) is 43.7 Å². The molecule has 1 saturated carbocycles. The first-order valence-corrected chi connectivity index (χ1v) is 9.28. The normalized spacial score (nSPS) is 20.6. The molecule has 0 aliphatic heterocycles. The third-order valence-corrected chi connectivity index (χ3v) is 5.40. The molecule has 0 bridgehead atoms. The van der Waals surface area contributed by atoms with Crippen LogP contribution in [0.1, 0.15) is 31.9 Å². The van der Waals surface area contributed by atoms with E-state index in [1.54, 1.807) is 18.2 Å². The Morgan fingerprint density at radius 1 is 1.24 bits per heavy atom. The van der Waals surface area contributed by atoms with Crippen molar-refractivity contribution in [2.75, 3.05) is 11.1 Å². The Hall–Kier alpha value is -1.83. The van der Waals surface area contributed by atoms with Crippen LogP contribution in [0.15, 0.2) is 30.5 Å². The molecule has 3 rings (SSSR count). The van der Waals surface area contributed by atoms with Crippen LogP contribution in [0.5, 0.6) is 0 Å². The zero-order chi connectivity index (χ0) is 17.9. The lowest BCUT2D eigenvalue weighted by atomic mass is 10.2. The second-order valence-electron chi connectivity index (χ2n) is 5.85. The molecule has 1 fully saturated rings. The number of halogens is 3. The first-order chi connectivity index (χ1) is 12.0. The zero-order valence-corrected chi connectivity index (χ0v) is 14.6. The molecule has 2 aromatic heterocycles. The minimum atomic E-state index is -4.53. The van der Waals surface area contributed by atoms with Crippen LogP contribution in [0.2, 0.25) is 0 Å². The van der Waals surface area contributed by atoms with Crippen LogP contribution in [0.25, 0.3) is 11.5 Å². The van der Waals surface area contributed by atoms with E-state index in [1.165, 1.54) is 6.20 Å². The molecular weight excluding hydrogens is 349 g/mol. The van der Waals surface area contributed by atoms with Crippen molar-refractivity contribution >= 4 is 17.6 Å². The van der Waals surface area contributed by atoms with Crippen molar-refractivity contribution < 1.29 is 13.2 Å². The second kappa shape index (κ2) is 7.59. The van der Waals surface area contributed by atoms with E-state index >= 15 is 0 Å². The van der Waals surface area contributed by atoms with Gasteiger partial charge in [0.1, 0.15) is 11.5 Å². The van der Waals surface area contributed by atoms with Crippen LogP contribution < -0.4 is 5.32 Å². The summed E-state index contributed by atoms with van der Waals surface area (Å²) in [5, 5.41) is 3.59. The number of hydrogen-bond donors (Lipinski definition) is 1. The average Bonchev–Trinajstić information content (AvgIpc) is 3.02. The smallest absolute Gasteiger partial charge is 0.366 e. The molecule has 8 heteroatoms. The standard InChI is InChI=1S/C17H19F3N4S/c1-2-25-13-8-5-7-11(13)22-15-10-14(17(18,19)20)23-16(24-15)12-6-3-4-9-21-12/h3-4,6,9-11,13H,2,5,7-8H2,1H3,(H,22,23,24). The van der Waals surface area contributed by atoms with Gasteiger partial charge in [0.25, 0.3) is 0 Å². The highest BCUT2D eigenvalue weighted by atomic mass is 32.2. The molecule has 1 N–H and O–H groups in total. The third-order valence-electron chi connectivity index (χ3n) is 4.08. The lowest BCUT2D eigenvalue weighted by Gasteiger charge is -2.21.